The molecular weight excluding hydrogens is 523 g/mol. The molecule has 4 aromatic rings. The molecule has 4 heterocycles. The first-order valence-electron chi connectivity index (χ1n) is 13.3. The lowest BCUT2D eigenvalue weighted by molar-refractivity contribution is 0.102. The number of fused-ring (bicyclic) bond motifs is 1. The van der Waals surface area contributed by atoms with E-state index in [2.05, 4.69) is 53.9 Å². The lowest BCUT2D eigenvalue weighted by Crippen LogP contribution is -2.45. The number of amides is 1. The van der Waals surface area contributed by atoms with Gasteiger partial charge in [-0.3, -0.25) is 14.7 Å². The second kappa shape index (κ2) is 12.2. The number of nitrogens with two attached hydrogens (primary N) is 1. The Hall–Kier alpha value is -4.66. The van der Waals surface area contributed by atoms with Gasteiger partial charge >= 0.3 is 0 Å². The SMILES string of the molecule is Cc1nc2cnc(N)c(C#Cc3cncc(C(=O)Nc4ccc(OCCN5CCN(C)CC5)c(F)c4)c3)c2nc1C. The van der Waals surface area contributed by atoms with Crippen LogP contribution in [0.15, 0.2) is 42.9 Å². The molecule has 0 bridgehead atoms. The van der Waals surface area contributed by atoms with Gasteiger partial charge in [-0.15, -0.1) is 0 Å². The van der Waals surface area contributed by atoms with Gasteiger partial charge in [0.15, 0.2) is 11.6 Å². The molecule has 210 valence electrons. The van der Waals surface area contributed by atoms with Crippen LogP contribution in [-0.2, 0) is 0 Å². The second-order valence-electron chi connectivity index (χ2n) is 9.95. The molecule has 1 amide bonds. The number of hydrogen-bond donors (Lipinski definition) is 2. The summed E-state index contributed by atoms with van der Waals surface area (Å²) in [7, 11) is 2.10. The number of ether oxygens (including phenoxy) is 1. The van der Waals surface area contributed by atoms with E-state index in [1.165, 1.54) is 24.5 Å². The van der Waals surface area contributed by atoms with Crippen molar-refractivity contribution in [3.05, 3.63) is 76.8 Å². The zero-order chi connectivity index (χ0) is 28.9. The summed E-state index contributed by atoms with van der Waals surface area (Å²) in [4.78, 5) is 34.9. The average Bonchev–Trinajstić information content (AvgIpc) is 2.96. The maximum absolute atomic E-state index is 14.7. The third kappa shape index (κ3) is 6.74. The molecule has 0 spiro atoms. The first kappa shape index (κ1) is 27.9. The van der Waals surface area contributed by atoms with Crippen LogP contribution in [0, 0.1) is 31.5 Å². The monoisotopic (exact) mass is 554 g/mol. The van der Waals surface area contributed by atoms with Crippen molar-refractivity contribution in [1.29, 1.82) is 0 Å². The van der Waals surface area contributed by atoms with Crippen LogP contribution in [0.1, 0.15) is 32.9 Å². The molecule has 41 heavy (non-hydrogen) atoms. The van der Waals surface area contributed by atoms with E-state index in [0.717, 1.165) is 44.1 Å². The van der Waals surface area contributed by atoms with Gasteiger partial charge in [0.25, 0.3) is 5.91 Å². The quantitative estimate of drug-likeness (QED) is 0.346. The highest BCUT2D eigenvalue weighted by atomic mass is 19.1. The number of nitrogens with one attached hydrogen (secondary N) is 1. The lowest BCUT2D eigenvalue weighted by Gasteiger charge is -2.32. The molecule has 0 aliphatic carbocycles. The highest BCUT2D eigenvalue weighted by Gasteiger charge is 2.15. The summed E-state index contributed by atoms with van der Waals surface area (Å²) in [5, 5.41) is 2.70. The van der Waals surface area contributed by atoms with Crippen LogP contribution in [0.25, 0.3) is 11.0 Å². The first-order chi connectivity index (χ1) is 19.8. The number of likely N-dealkylation sites (N-methyl/N-ethyl adjacent to an activating group) is 1. The number of piperazine rings is 1. The molecule has 1 saturated heterocycles. The Kier molecular flexibility index (Phi) is 8.33. The zero-order valence-electron chi connectivity index (χ0n) is 23.2. The molecule has 1 aromatic carbocycles. The van der Waals surface area contributed by atoms with Crippen molar-refractivity contribution in [2.24, 2.45) is 0 Å². The third-order valence-corrected chi connectivity index (χ3v) is 6.94. The van der Waals surface area contributed by atoms with Crippen molar-refractivity contribution in [3.8, 4) is 17.6 Å². The molecule has 0 atom stereocenters. The summed E-state index contributed by atoms with van der Waals surface area (Å²) in [5.41, 5.74) is 10.3. The number of anilines is 2. The van der Waals surface area contributed by atoms with E-state index in [0.29, 0.717) is 34.5 Å². The summed E-state index contributed by atoms with van der Waals surface area (Å²) in [6.45, 7) is 8.82. The first-order valence-corrected chi connectivity index (χ1v) is 13.3. The van der Waals surface area contributed by atoms with Gasteiger partial charge in [0.2, 0.25) is 0 Å². The number of hydrogen-bond acceptors (Lipinski definition) is 9. The van der Waals surface area contributed by atoms with Gasteiger partial charge in [-0.05, 0) is 39.1 Å². The predicted molar refractivity (Wildman–Crippen MR) is 155 cm³/mol. The number of nitrogen functional groups attached to an aromatic ring is 1. The van der Waals surface area contributed by atoms with E-state index in [-0.39, 0.29) is 17.1 Å². The summed E-state index contributed by atoms with van der Waals surface area (Å²) in [5.74, 6) is 5.38. The fraction of sp³-hybridized carbons (Fsp3) is 0.300. The molecule has 1 aliphatic rings. The molecule has 3 N–H and O–H groups in total. The van der Waals surface area contributed by atoms with Crippen LogP contribution in [0.3, 0.4) is 0 Å². The van der Waals surface area contributed by atoms with Crippen LogP contribution in [0.2, 0.25) is 0 Å². The Labute approximate surface area is 237 Å². The smallest absolute Gasteiger partial charge is 0.257 e. The molecular formula is C30H31FN8O2. The maximum Gasteiger partial charge on any atom is 0.257 e. The summed E-state index contributed by atoms with van der Waals surface area (Å²) < 4.78 is 20.3. The van der Waals surface area contributed by atoms with Gasteiger partial charge in [-0.2, -0.15) is 0 Å². The number of carbonyl (C=O) groups is 1. The van der Waals surface area contributed by atoms with Gasteiger partial charge in [0.05, 0.1) is 28.7 Å². The maximum atomic E-state index is 14.7. The van der Waals surface area contributed by atoms with Gasteiger partial charge in [0.1, 0.15) is 23.5 Å². The summed E-state index contributed by atoms with van der Waals surface area (Å²) >= 11 is 0. The third-order valence-electron chi connectivity index (χ3n) is 6.94. The topological polar surface area (TPSA) is 122 Å². The molecule has 1 aliphatic heterocycles. The van der Waals surface area contributed by atoms with Gasteiger partial charge in [0, 0.05) is 62.4 Å². The van der Waals surface area contributed by atoms with Crippen molar-refractivity contribution >= 4 is 28.4 Å². The minimum absolute atomic E-state index is 0.147. The van der Waals surface area contributed by atoms with Gasteiger partial charge < -0.3 is 20.7 Å². The Morgan fingerprint density at radius 1 is 1.07 bits per heavy atom. The number of halogens is 1. The molecule has 0 saturated carbocycles. The summed E-state index contributed by atoms with van der Waals surface area (Å²) in [6.07, 6.45) is 4.52. The Bertz CT molecular complexity index is 1660. The van der Waals surface area contributed by atoms with Crippen molar-refractivity contribution < 1.29 is 13.9 Å². The van der Waals surface area contributed by atoms with Crippen molar-refractivity contribution in [2.45, 2.75) is 13.8 Å². The minimum atomic E-state index is -0.547. The van der Waals surface area contributed by atoms with E-state index in [1.54, 1.807) is 18.3 Å². The van der Waals surface area contributed by atoms with E-state index < -0.39 is 11.7 Å². The average molecular weight is 555 g/mol. The molecule has 10 nitrogen and oxygen atoms in total. The molecule has 5 rings (SSSR count). The zero-order valence-corrected chi connectivity index (χ0v) is 23.2. The number of rotatable bonds is 6. The fourth-order valence-electron chi connectivity index (χ4n) is 4.36. The normalized spacial score (nSPS) is 14.0. The largest absolute Gasteiger partial charge is 0.489 e. The number of aromatic nitrogens is 4. The number of pyridine rings is 2. The second-order valence-corrected chi connectivity index (χ2v) is 9.95. The van der Waals surface area contributed by atoms with E-state index in [4.69, 9.17) is 10.5 Å². The molecule has 0 radical (unpaired) electrons. The number of benzene rings is 1. The number of nitrogens with zero attached hydrogens (tertiary/aromatic N) is 6. The van der Waals surface area contributed by atoms with Crippen LogP contribution >= 0.6 is 0 Å². The standard InChI is InChI=1S/C30H31FN8O2/c1-19-20(2)36-28-24(29(32)34-18-26(28)35-19)6-4-21-14-22(17-33-16-21)30(40)37-23-5-7-27(25(31)15-23)41-13-12-39-10-8-38(3)9-11-39/h5,7,14-18H,8-13H2,1-3H3,(H2,32,34)(H,37,40). The van der Waals surface area contributed by atoms with Crippen LogP contribution in [0.4, 0.5) is 15.9 Å². The Balaban J connectivity index is 1.24. The van der Waals surface area contributed by atoms with Crippen molar-refractivity contribution in [2.75, 3.05) is 57.4 Å². The van der Waals surface area contributed by atoms with E-state index >= 15 is 0 Å². The number of aryl methyl sites for hydroxylation is 2. The Morgan fingerprint density at radius 3 is 2.63 bits per heavy atom. The predicted octanol–water partition coefficient (Wildman–Crippen LogP) is 3.04. The highest BCUT2D eigenvalue weighted by molar-refractivity contribution is 6.04. The van der Waals surface area contributed by atoms with E-state index in [1.807, 2.05) is 13.8 Å². The highest BCUT2D eigenvalue weighted by Crippen LogP contribution is 2.22. The van der Waals surface area contributed by atoms with Crippen LogP contribution in [0.5, 0.6) is 5.75 Å². The minimum Gasteiger partial charge on any atom is -0.489 e. The molecule has 11 heteroatoms. The summed E-state index contributed by atoms with van der Waals surface area (Å²) in [6, 6.07) is 5.95. The Morgan fingerprint density at radius 2 is 1.85 bits per heavy atom. The van der Waals surface area contributed by atoms with Crippen LogP contribution in [-0.4, -0.2) is 82.0 Å². The van der Waals surface area contributed by atoms with Gasteiger partial charge in [-0.25, -0.2) is 19.3 Å². The van der Waals surface area contributed by atoms with Gasteiger partial charge in [-0.1, -0.05) is 11.8 Å². The van der Waals surface area contributed by atoms with Crippen LogP contribution < -0.4 is 15.8 Å². The number of carbonyl (C=O) groups excluding carboxylic acids is 1. The molecule has 1 fully saturated rings. The lowest BCUT2D eigenvalue weighted by atomic mass is 10.1. The van der Waals surface area contributed by atoms with Crippen molar-refractivity contribution in [1.82, 2.24) is 29.7 Å². The van der Waals surface area contributed by atoms with Crippen molar-refractivity contribution in [3.63, 3.8) is 0 Å². The molecule has 3 aromatic heterocycles. The fourth-order valence-corrected chi connectivity index (χ4v) is 4.36. The van der Waals surface area contributed by atoms with E-state index in [9.17, 15) is 9.18 Å². The molecule has 0 unspecified atom stereocenters.